The van der Waals surface area contributed by atoms with Crippen LogP contribution in [0.5, 0.6) is 11.5 Å². The Balaban J connectivity index is 1.72. The van der Waals surface area contributed by atoms with Crippen molar-refractivity contribution in [2.75, 3.05) is 36.9 Å². The number of nitrogens with zero attached hydrogens (tertiary/aromatic N) is 2. The topological polar surface area (TPSA) is 94.5 Å². The van der Waals surface area contributed by atoms with Crippen LogP contribution in [-0.2, 0) is 19.4 Å². The number of carbonyl (C=O) groups is 1. The maximum atomic E-state index is 12.0. The third-order valence-corrected chi connectivity index (χ3v) is 7.40. The van der Waals surface area contributed by atoms with Gasteiger partial charge in [0, 0.05) is 24.1 Å². The summed E-state index contributed by atoms with van der Waals surface area (Å²) in [6.45, 7) is 0.0356. The molecule has 4 rings (SSSR count). The van der Waals surface area contributed by atoms with Crippen LogP contribution < -0.4 is 14.4 Å². The lowest BCUT2D eigenvalue weighted by Gasteiger charge is -2.24. The molecule has 0 N–H and O–H groups in total. The Labute approximate surface area is 149 Å². The molecular formula is C15H16N2O6S2. The summed E-state index contributed by atoms with van der Waals surface area (Å²) in [7, 11) is -1.68. The van der Waals surface area contributed by atoms with Crippen LogP contribution >= 0.6 is 11.8 Å². The molecule has 3 aliphatic heterocycles. The molecule has 3 aliphatic rings. The quantitative estimate of drug-likeness (QED) is 0.750. The molecular weight excluding hydrogens is 368 g/mol. The molecule has 2 saturated heterocycles. The fraction of sp³-hybridized carbons (Fsp3) is 0.467. The van der Waals surface area contributed by atoms with Gasteiger partial charge in [-0.3, -0.25) is 4.79 Å². The number of hydrogen-bond donors (Lipinski definition) is 0. The summed E-state index contributed by atoms with van der Waals surface area (Å²) in [6.07, 6.45) is 0. The van der Waals surface area contributed by atoms with Crippen molar-refractivity contribution in [3.05, 3.63) is 18.2 Å². The molecule has 1 aromatic carbocycles. The predicted octanol–water partition coefficient (Wildman–Crippen LogP) is 0.663. The molecule has 0 radical (unpaired) electrons. The highest BCUT2D eigenvalue weighted by Crippen LogP contribution is 2.43. The van der Waals surface area contributed by atoms with Crippen molar-refractivity contribution in [2.45, 2.75) is 11.3 Å². The largest absolute Gasteiger partial charge is 0.454 e. The number of rotatable bonds is 3. The third-order valence-electron chi connectivity index (χ3n) is 4.19. The van der Waals surface area contributed by atoms with Crippen molar-refractivity contribution < 1.29 is 27.4 Å². The van der Waals surface area contributed by atoms with Gasteiger partial charge in [0.25, 0.3) is 5.91 Å². The van der Waals surface area contributed by atoms with E-state index in [4.69, 9.17) is 14.2 Å². The van der Waals surface area contributed by atoms with E-state index in [0.29, 0.717) is 16.7 Å². The molecule has 2 atom stereocenters. The Morgan fingerprint density at radius 3 is 2.96 bits per heavy atom. The molecule has 3 heterocycles. The van der Waals surface area contributed by atoms with Crippen molar-refractivity contribution in [3.63, 3.8) is 0 Å². The minimum atomic E-state index is -3.10. The zero-order valence-electron chi connectivity index (χ0n) is 13.4. The number of thioether (sulfide) groups is 1. The summed E-state index contributed by atoms with van der Waals surface area (Å²) < 4.78 is 39.6. The Hall–Kier alpha value is -1.78. The number of anilines is 1. The van der Waals surface area contributed by atoms with Crippen molar-refractivity contribution in [1.82, 2.24) is 0 Å². The molecule has 2 fully saturated rings. The molecule has 25 heavy (non-hydrogen) atoms. The van der Waals surface area contributed by atoms with E-state index in [1.165, 1.54) is 18.9 Å². The second kappa shape index (κ2) is 6.19. The highest BCUT2D eigenvalue weighted by Gasteiger charge is 2.49. The molecule has 8 nitrogen and oxygen atoms in total. The number of amides is 1. The average molecular weight is 384 g/mol. The maximum Gasteiger partial charge on any atom is 0.274 e. The standard InChI is InChI=1S/C15H16N2O6S2/c1-21-5-14(18)16-15-17(10-6-25(19,20)7-13(10)24-15)9-2-3-11-12(4-9)23-8-22-11/h2-4,10,13H,5-8H2,1H3/t10-,13+/m0/s1. The predicted molar refractivity (Wildman–Crippen MR) is 93.2 cm³/mol. The van der Waals surface area contributed by atoms with Gasteiger partial charge >= 0.3 is 0 Å². The first-order chi connectivity index (χ1) is 12.0. The van der Waals surface area contributed by atoms with E-state index < -0.39 is 15.7 Å². The number of ether oxygens (including phenoxy) is 3. The Kier molecular flexibility index (Phi) is 4.13. The normalized spacial score (nSPS) is 27.7. The fourth-order valence-electron chi connectivity index (χ4n) is 3.16. The van der Waals surface area contributed by atoms with Crippen LogP contribution in [0.2, 0.25) is 0 Å². The lowest BCUT2D eigenvalue weighted by molar-refractivity contribution is -0.121. The number of sulfone groups is 1. The smallest absolute Gasteiger partial charge is 0.274 e. The lowest BCUT2D eigenvalue weighted by atomic mass is 10.2. The van der Waals surface area contributed by atoms with E-state index >= 15 is 0 Å². The van der Waals surface area contributed by atoms with Crippen LogP contribution in [0.25, 0.3) is 0 Å². The minimum absolute atomic E-state index is 0.0383. The summed E-state index contributed by atoms with van der Waals surface area (Å²) in [5, 5.41) is 0.343. The monoisotopic (exact) mass is 384 g/mol. The Bertz CT molecular complexity index is 854. The van der Waals surface area contributed by atoms with Gasteiger partial charge in [-0.05, 0) is 12.1 Å². The van der Waals surface area contributed by atoms with Gasteiger partial charge in [0.05, 0.1) is 17.5 Å². The van der Waals surface area contributed by atoms with Gasteiger partial charge in [-0.25, -0.2) is 8.42 Å². The van der Waals surface area contributed by atoms with Crippen LogP contribution in [0.15, 0.2) is 23.2 Å². The highest BCUT2D eigenvalue weighted by molar-refractivity contribution is 8.16. The van der Waals surface area contributed by atoms with Gasteiger partial charge in [-0.15, -0.1) is 0 Å². The van der Waals surface area contributed by atoms with E-state index in [0.717, 1.165) is 5.69 Å². The zero-order valence-corrected chi connectivity index (χ0v) is 15.0. The fourth-order valence-corrected chi connectivity index (χ4v) is 7.10. The average Bonchev–Trinajstić information content (AvgIpc) is 3.18. The minimum Gasteiger partial charge on any atom is -0.454 e. The summed E-state index contributed by atoms with van der Waals surface area (Å²) in [4.78, 5) is 17.8. The van der Waals surface area contributed by atoms with Crippen LogP contribution in [-0.4, -0.2) is 62.8 Å². The number of carbonyl (C=O) groups excluding carboxylic acids is 1. The first-order valence-electron chi connectivity index (χ1n) is 7.63. The summed E-state index contributed by atoms with van der Waals surface area (Å²) in [5.41, 5.74) is 0.727. The van der Waals surface area contributed by atoms with Crippen LogP contribution in [0.3, 0.4) is 0 Å². The molecule has 134 valence electrons. The SMILES string of the molecule is COCC(=O)N=C1S[C@@H]2CS(=O)(=O)C[C@@H]2N1c1ccc2c(c1)OCO2. The van der Waals surface area contributed by atoms with E-state index in [-0.39, 0.29) is 36.2 Å². The molecule has 0 spiro atoms. The summed E-state index contributed by atoms with van der Waals surface area (Å²) >= 11 is 1.32. The molecule has 1 amide bonds. The zero-order chi connectivity index (χ0) is 17.6. The number of amidine groups is 1. The van der Waals surface area contributed by atoms with Gasteiger partial charge in [-0.2, -0.15) is 4.99 Å². The van der Waals surface area contributed by atoms with E-state index in [2.05, 4.69) is 4.99 Å². The van der Waals surface area contributed by atoms with E-state index in [1.54, 1.807) is 12.1 Å². The van der Waals surface area contributed by atoms with Crippen LogP contribution in [0.4, 0.5) is 5.69 Å². The molecule has 0 aromatic heterocycles. The van der Waals surface area contributed by atoms with Crippen molar-refractivity contribution in [1.29, 1.82) is 0 Å². The van der Waals surface area contributed by atoms with Crippen molar-refractivity contribution >= 4 is 38.4 Å². The second-order valence-electron chi connectivity index (χ2n) is 5.93. The number of methoxy groups -OCH3 is 1. The van der Waals surface area contributed by atoms with Gasteiger partial charge in [0.1, 0.15) is 6.61 Å². The van der Waals surface area contributed by atoms with Gasteiger partial charge < -0.3 is 19.1 Å². The van der Waals surface area contributed by atoms with Crippen LogP contribution in [0.1, 0.15) is 0 Å². The number of hydrogen-bond acceptors (Lipinski definition) is 7. The molecule has 0 saturated carbocycles. The van der Waals surface area contributed by atoms with Gasteiger partial charge in [-0.1, -0.05) is 11.8 Å². The molecule has 0 unspecified atom stereocenters. The van der Waals surface area contributed by atoms with E-state index in [1.807, 2.05) is 11.0 Å². The Morgan fingerprint density at radius 2 is 2.16 bits per heavy atom. The molecule has 1 aromatic rings. The first-order valence-corrected chi connectivity index (χ1v) is 10.3. The first kappa shape index (κ1) is 16.7. The lowest BCUT2D eigenvalue weighted by Crippen LogP contribution is -2.37. The summed E-state index contributed by atoms with van der Waals surface area (Å²) in [6, 6.07) is 5.11. The molecule has 0 aliphatic carbocycles. The van der Waals surface area contributed by atoms with E-state index in [9.17, 15) is 13.2 Å². The Morgan fingerprint density at radius 1 is 1.36 bits per heavy atom. The van der Waals surface area contributed by atoms with Gasteiger partial charge in [0.15, 0.2) is 26.5 Å². The second-order valence-corrected chi connectivity index (χ2v) is 9.29. The highest BCUT2D eigenvalue weighted by atomic mass is 32.2. The van der Waals surface area contributed by atoms with Crippen molar-refractivity contribution in [2.24, 2.45) is 4.99 Å². The third kappa shape index (κ3) is 3.09. The number of fused-ring (bicyclic) bond motifs is 2. The van der Waals surface area contributed by atoms with Crippen molar-refractivity contribution in [3.8, 4) is 11.5 Å². The number of benzene rings is 1. The molecule has 10 heteroatoms. The maximum absolute atomic E-state index is 12.0. The van der Waals surface area contributed by atoms with Crippen LogP contribution in [0, 0.1) is 0 Å². The number of aliphatic imine (C=N–C) groups is 1. The van der Waals surface area contributed by atoms with Gasteiger partial charge in [0.2, 0.25) is 6.79 Å². The summed E-state index contributed by atoms with van der Waals surface area (Å²) in [5.74, 6) is 0.949. The molecule has 0 bridgehead atoms.